The molecule has 2 aromatic rings. The number of carbonyl (C=O) groups excluding carboxylic acids is 1. The number of likely N-dealkylation sites (tertiary alicyclic amines) is 1. The molecule has 0 unspecified atom stereocenters. The molecule has 0 saturated carbocycles. The highest BCUT2D eigenvalue weighted by atomic mass is 16.2. The van der Waals surface area contributed by atoms with Crippen molar-refractivity contribution < 1.29 is 4.79 Å². The van der Waals surface area contributed by atoms with E-state index in [0.717, 1.165) is 37.2 Å². The number of hydrogen-bond acceptors (Lipinski definition) is 4. The highest BCUT2D eigenvalue weighted by Crippen LogP contribution is 2.14. The molecular formula is C17H20N4O. The molecule has 1 amide bonds. The van der Waals surface area contributed by atoms with E-state index in [0.29, 0.717) is 12.2 Å². The first kappa shape index (κ1) is 14.5. The Balaban J connectivity index is 1.59. The van der Waals surface area contributed by atoms with Crippen LogP contribution in [0.15, 0.2) is 42.9 Å². The minimum absolute atomic E-state index is 0.0420. The number of piperidine rings is 1. The Bertz CT molecular complexity index is 606. The molecule has 1 saturated heterocycles. The van der Waals surface area contributed by atoms with E-state index in [-0.39, 0.29) is 5.91 Å². The van der Waals surface area contributed by atoms with Gasteiger partial charge < -0.3 is 10.2 Å². The molecule has 1 aliphatic rings. The predicted octanol–water partition coefficient (Wildman–Crippen LogP) is 2.71. The van der Waals surface area contributed by atoms with Gasteiger partial charge in [0.15, 0.2) is 0 Å². The van der Waals surface area contributed by atoms with E-state index in [9.17, 15) is 4.79 Å². The van der Waals surface area contributed by atoms with E-state index < -0.39 is 0 Å². The number of rotatable bonds is 4. The largest absolute Gasteiger partial charge is 0.380 e. The van der Waals surface area contributed by atoms with Crippen molar-refractivity contribution in [2.75, 3.05) is 18.4 Å². The molecule has 0 bridgehead atoms. The third-order valence-corrected chi connectivity index (χ3v) is 3.87. The summed E-state index contributed by atoms with van der Waals surface area (Å²) < 4.78 is 0. The lowest BCUT2D eigenvalue weighted by Gasteiger charge is -2.26. The van der Waals surface area contributed by atoms with Crippen molar-refractivity contribution in [2.24, 2.45) is 0 Å². The summed E-state index contributed by atoms with van der Waals surface area (Å²) in [5, 5.41) is 3.29. The van der Waals surface area contributed by atoms with Gasteiger partial charge in [0.2, 0.25) is 0 Å². The lowest BCUT2D eigenvalue weighted by Crippen LogP contribution is -2.36. The SMILES string of the molecule is O=C(c1ccc(NCc2ccncc2)cn1)N1CCCCC1. The number of aromatic nitrogens is 2. The number of pyridine rings is 2. The number of nitrogens with zero attached hydrogens (tertiary/aromatic N) is 3. The maximum absolute atomic E-state index is 12.3. The van der Waals surface area contributed by atoms with Gasteiger partial charge in [0.25, 0.3) is 5.91 Å². The summed E-state index contributed by atoms with van der Waals surface area (Å²) in [6, 6.07) is 7.64. The van der Waals surface area contributed by atoms with Crippen LogP contribution in [0.4, 0.5) is 5.69 Å². The lowest BCUT2D eigenvalue weighted by molar-refractivity contribution is 0.0718. The maximum atomic E-state index is 12.3. The van der Waals surface area contributed by atoms with Crippen molar-refractivity contribution in [1.82, 2.24) is 14.9 Å². The molecule has 0 radical (unpaired) electrons. The Labute approximate surface area is 130 Å². The minimum atomic E-state index is 0.0420. The number of carbonyl (C=O) groups is 1. The van der Waals surface area contributed by atoms with Crippen LogP contribution in [-0.2, 0) is 6.54 Å². The van der Waals surface area contributed by atoms with Gasteiger partial charge in [-0.3, -0.25) is 9.78 Å². The van der Waals surface area contributed by atoms with E-state index in [4.69, 9.17) is 0 Å². The van der Waals surface area contributed by atoms with E-state index >= 15 is 0 Å². The molecule has 5 heteroatoms. The van der Waals surface area contributed by atoms with Gasteiger partial charge in [-0.15, -0.1) is 0 Å². The van der Waals surface area contributed by atoms with Crippen molar-refractivity contribution >= 4 is 11.6 Å². The minimum Gasteiger partial charge on any atom is -0.380 e. The van der Waals surface area contributed by atoms with Crippen LogP contribution in [0.3, 0.4) is 0 Å². The highest BCUT2D eigenvalue weighted by molar-refractivity contribution is 5.92. The zero-order chi connectivity index (χ0) is 15.2. The molecule has 0 aliphatic carbocycles. The summed E-state index contributed by atoms with van der Waals surface area (Å²) in [4.78, 5) is 22.5. The van der Waals surface area contributed by atoms with Gasteiger partial charge in [-0.25, -0.2) is 4.98 Å². The van der Waals surface area contributed by atoms with E-state index in [1.54, 1.807) is 24.7 Å². The van der Waals surface area contributed by atoms with Crippen LogP contribution in [0.1, 0.15) is 35.3 Å². The molecule has 22 heavy (non-hydrogen) atoms. The average molecular weight is 296 g/mol. The van der Waals surface area contributed by atoms with E-state index in [1.165, 1.54) is 6.42 Å². The fraction of sp³-hybridized carbons (Fsp3) is 0.353. The van der Waals surface area contributed by atoms with Crippen molar-refractivity contribution in [2.45, 2.75) is 25.8 Å². The smallest absolute Gasteiger partial charge is 0.272 e. The first-order chi connectivity index (χ1) is 10.8. The van der Waals surface area contributed by atoms with E-state index in [1.807, 2.05) is 23.1 Å². The molecule has 1 fully saturated rings. The average Bonchev–Trinajstić information content (AvgIpc) is 2.61. The van der Waals surface area contributed by atoms with Crippen molar-refractivity contribution in [3.63, 3.8) is 0 Å². The van der Waals surface area contributed by atoms with Gasteiger partial charge in [0.1, 0.15) is 5.69 Å². The fourth-order valence-corrected chi connectivity index (χ4v) is 2.59. The van der Waals surface area contributed by atoms with Gasteiger partial charge in [0, 0.05) is 32.0 Å². The van der Waals surface area contributed by atoms with Crippen molar-refractivity contribution in [3.8, 4) is 0 Å². The molecule has 0 spiro atoms. The first-order valence-electron chi connectivity index (χ1n) is 7.71. The summed E-state index contributed by atoms with van der Waals surface area (Å²) in [7, 11) is 0. The van der Waals surface area contributed by atoms with Crippen LogP contribution in [0.25, 0.3) is 0 Å². The number of anilines is 1. The highest BCUT2D eigenvalue weighted by Gasteiger charge is 2.18. The van der Waals surface area contributed by atoms with Gasteiger partial charge in [-0.05, 0) is 49.1 Å². The third-order valence-electron chi connectivity index (χ3n) is 3.87. The lowest BCUT2D eigenvalue weighted by atomic mass is 10.1. The number of hydrogen-bond donors (Lipinski definition) is 1. The second-order valence-electron chi connectivity index (χ2n) is 5.49. The summed E-state index contributed by atoms with van der Waals surface area (Å²) in [6.45, 7) is 2.41. The molecular weight excluding hydrogens is 276 g/mol. The van der Waals surface area contributed by atoms with Crippen LogP contribution >= 0.6 is 0 Å². The summed E-state index contributed by atoms with van der Waals surface area (Å²) in [6.07, 6.45) is 8.67. The molecule has 1 N–H and O–H groups in total. The van der Waals surface area contributed by atoms with Crippen molar-refractivity contribution in [1.29, 1.82) is 0 Å². The Kier molecular flexibility index (Phi) is 4.63. The molecule has 3 heterocycles. The Hall–Kier alpha value is -2.43. The predicted molar refractivity (Wildman–Crippen MR) is 85.6 cm³/mol. The van der Waals surface area contributed by atoms with Crippen molar-refractivity contribution in [3.05, 3.63) is 54.1 Å². The second kappa shape index (κ2) is 7.02. The van der Waals surface area contributed by atoms with Gasteiger partial charge in [-0.1, -0.05) is 0 Å². The standard InChI is InChI=1S/C17H20N4O/c22-17(21-10-2-1-3-11-21)16-5-4-15(13-20-16)19-12-14-6-8-18-9-7-14/h4-9,13,19H,1-3,10-12H2. The summed E-state index contributed by atoms with van der Waals surface area (Å²) in [5.74, 6) is 0.0420. The zero-order valence-corrected chi connectivity index (χ0v) is 12.5. The fourth-order valence-electron chi connectivity index (χ4n) is 2.59. The first-order valence-corrected chi connectivity index (χ1v) is 7.71. The molecule has 2 aromatic heterocycles. The van der Waals surface area contributed by atoms with Crippen LogP contribution in [0.5, 0.6) is 0 Å². The molecule has 114 valence electrons. The normalized spacial score (nSPS) is 14.6. The van der Waals surface area contributed by atoms with Gasteiger partial charge in [0.05, 0.1) is 11.9 Å². The Morgan fingerprint density at radius 3 is 2.55 bits per heavy atom. The molecule has 5 nitrogen and oxygen atoms in total. The number of amides is 1. The van der Waals surface area contributed by atoms with Crippen LogP contribution in [0.2, 0.25) is 0 Å². The van der Waals surface area contributed by atoms with E-state index in [2.05, 4.69) is 15.3 Å². The molecule has 0 atom stereocenters. The van der Waals surface area contributed by atoms with Gasteiger partial charge >= 0.3 is 0 Å². The zero-order valence-electron chi connectivity index (χ0n) is 12.5. The molecule has 3 rings (SSSR count). The van der Waals surface area contributed by atoms with Gasteiger partial charge in [-0.2, -0.15) is 0 Å². The van der Waals surface area contributed by atoms with Crippen LogP contribution in [0, 0.1) is 0 Å². The monoisotopic (exact) mass is 296 g/mol. The molecule has 1 aliphatic heterocycles. The third kappa shape index (κ3) is 3.61. The quantitative estimate of drug-likeness (QED) is 0.942. The van der Waals surface area contributed by atoms with Crippen LogP contribution < -0.4 is 5.32 Å². The summed E-state index contributed by atoms with van der Waals surface area (Å²) >= 11 is 0. The van der Waals surface area contributed by atoms with Crippen LogP contribution in [-0.4, -0.2) is 33.9 Å². The number of nitrogens with one attached hydrogen (secondary N) is 1. The Morgan fingerprint density at radius 2 is 1.86 bits per heavy atom. The topological polar surface area (TPSA) is 58.1 Å². The summed E-state index contributed by atoms with van der Waals surface area (Å²) in [5.41, 5.74) is 2.59. The Morgan fingerprint density at radius 1 is 1.09 bits per heavy atom. The maximum Gasteiger partial charge on any atom is 0.272 e. The molecule has 0 aromatic carbocycles. The second-order valence-corrected chi connectivity index (χ2v) is 5.49.